The summed E-state index contributed by atoms with van der Waals surface area (Å²) in [4.78, 5) is 0. The van der Waals surface area contributed by atoms with Crippen LogP contribution in [0.5, 0.6) is 0 Å². The fraction of sp³-hybridized carbons (Fsp3) is 0.143. The molecule has 0 unspecified atom stereocenters. The van der Waals surface area contributed by atoms with E-state index < -0.39 is 5.82 Å². The van der Waals surface area contributed by atoms with Crippen molar-refractivity contribution in [3.8, 4) is 0 Å². The van der Waals surface area contributed by atoms with E-state index >= 15 is 0 Å². The van der Waals surface area contributed by atoms with Crippen molar-refractivity contribution in [2.45, 2.75) is 13.5 Å². The average Bonchev–Trinajstić information content (AvgIpc) is 2.34. The van der Waals surface area contributed by atoms with E-state index in [4.69, 9.17) is 11.6 Å². The Hall–Kier alpha value is -1.61. The van der Waals surface area contributed by atoms with E-state index in [0.717, 1.165) is 16.8 Å². The standard InChI is InChI=1S/C14H12ClF2N/c1-9-2-4-11(16)7-14(9)18-8-10-3-5-13(17)12(15)6-10/h2-7,18H,8H2,1H3. The molecule has 4 heteroatoms. The minimum atomic E-state index is -0.442. The van der Waals surface area contributed by atoms with Crippen LogP contribution in [-0.2, 0) is 6.54 Å². The van der Waals surface area contributed by atoms with Crippen molar-refractivity contribution in [1.29, 1.82) is 0 Å². The summed E-state index contributed by atoms with van der Waals surface area (Å²) >= 11 is 5.69. The van der Waals surface area contributed by atoms with Crippen LogP contribution in [0, 0.1) is 18.6 Å². The summed E-state index contributed by atoms with van der Waals surface area (Å²) in [5, 5.41) is 3.18. The molecule has 0 spiro atoms. The summed E-state index contributed by atoms with van der Waals surface area (Å²) in [7, 11) is 0. The fourth-order valence-electron chi connectivity index (χ4n) is 1.63. The lowest BCUT2D eigenvalue weighted by Crippen LogP contribution is -2.01. The number of hydrogen-bond donors (Lipinski definition) is 1. The molecule has 94 valence electrons. The predicted molar refractivity (Wildman–Crippen MR) is 69.9 cm³/mol. The first-order valence-electron chi connectivity index (χ1n) is 5.50. The van der Waals surface area contributed by atoms with Gasteiger partial charge in [-0.2, -0.15) is 0 Å². The summed E-state index contributed by atoms with van der Waals surface area (Å²) in [5.41, 5.74) is 2.50. The van der Waals surface area contributed by atoms with Crippen LogP contribution in [-0.4, -0.2) is 0 Å². The number of hydrogen-bond acceptors (Lipinski definition) is 1. The molecule has 18 heavy (non-hydrogen) atoms. The smallest absolute Gasteiger partial charge is 0.141 e. The topological polar surface area (TPSA) is 12.0 Å². The highest BCUT2D eigenvalue weighted by Crippen LogP contribution is 2.19. The van der Waals surface area contributed by atoms with E-state index in [1.54, 1.807) is 18.2 Å². The first kappa shape index (κ1) is 12.8. The third kappa shape index (κ3) is 2.99. The Balaban J connectivity index is 2.11. The van der Waals surface area contributed by atoms with Gasteiger partial charge in [0.15, 0.2) is 0 Å². The number of nitrogens with one attached hydrogen (secondary N) is 1. The van der Waals surface area contributed by atoms with E-state index in [2.05, 4.69) is 5.32 Å². The molecule has 0 bridgehead atoms. The van der Waals surface area contributed by atoms with E-state index in [1.165, 1.54) is 18.2 Å². The van der Waals surface area contributed by atoms with Gasteiger partial charge >= 0.3 is 0 Å². The Morgan fingerprint density at radius 3 is 2.61 bits per heavy atom. The van der Waals surface area contributed by atoms with Crippen LogP contribution in [0.4, 0.5) is 14.5 Å². The first-order chi connectivity index (χ1) is 8.56. The van der Waals surface area contributed by atoms with Crippen molar-refractivity contribution in [1.82, 2.24) is 0 Å². The molecule has 0 aliphatic heterocycles. The zero-order chi connectivity index (χ0) is 13.1. The number of anilines is 1. The summed E-state index contributed by atoms with van der Waals surface area (Å²) in [6.45, 7) is 2.35. The Morgan fingerprint density at radius 1 is 1.11 bits per heavy atom. The highest BCUT2D eigenvalue weighted by molar-refractivity contribution is 6.30. The van der Waals surface area contributed by atoms with Crippen molar-refractivity contribution < 1.29 is 8.78 Å². The monoisotopic (exact) mass is 267 g/mol. The molecular weight excluding hydrogens is 256 g/mol. The maximum absolute atomic E-state index is 13.1. The molecule has 0 radical (unpaired) electrons. The second kappa shape index (κ2) is 5.36. The zero-order valence-electron chi connectivity index (χ0n) is 9.81. The molecule has 0 saturated heterocycles. The van der Waals surface area contributed by atoms with Crippen LogP contribution in [0.1, 0.15) is 11.1 Å². The quantitative estimate of drug-likeness (QED) is 0.861. The van der Waals surface area contributed by atoms with Gasteiger partial charge in [0.2, 0.25) is 0 Å². The van der Waals surface area contributed by atoms with Crippen molar-refractivity contribution in [3.63, 3.8) is 0 Å². The molecule has 0 aromatic heterocycles. The number of rotatable bonds is 3. The summed E-state index contributed by atoms with van der Waals surface area (Å²) in [6.07, 6.45) is 0. The van der Waals surface area contributed by atoms with Crippen molar-refractivity contribution in [3.05, 3.63) is 64.2 Å². The summed E-state index contributed by atoms with van der Waals surface area (Å²) in [6, 6.07) is 9.06. The van der Waals surface area contributed by atoms with Gasteiger partial charge < -0.3 is 5.32 Å². The lowest BCUT2D eigenvalue weighted by Gasteiger charge is -2.10. The van der Waals surface area contributed by atoms with Crippen LogP contribution < -0.4 is 5.32 Å². The van der Waals surface area contributed by atoms with Crippen LogP contribution in [0.3, 0.4) is 0 Å². The molecule has 0 fully saturated rings. The number of halogens is 3. The van der Waals surface area contributed by atoms with Gasteiger partial charge in [0.1, 0.15) is 11.6 Å². The molecule has 1 nitrogen and oxygen atoms in total. The van der Waals surface area contributed by atoms with Crippen molar-refractivity contribution in [2.24, 2.45) is 0 Å². The van der Waals surface area contributed by atoms with Gasteiger partial charge in [0.05, 0.1) is 5.02 Å². The van der Waals surface area contributed by atoms with Gasteiger partial charge in [-0.15, -0.1) is 0 Å². The molecule has 2 aromatic carbocycles. The summed E-state index contributed by atoms with van der Waals surface area (Å²) < 4.78 is 26.1. The minimum absolute atomic E-state index is 0.0882. The molecule has 2 rings (SSSR count). The average molecular weight is 268 g/mol. The van der Waals surface area contributed by atoms with Crippen LogP contribution in [0.25, 0.3) is 0 Å². The Kier molecular flexibility index (Phi) is 3.82. The molecule has 0 atom stereocenters. The predicted octanol–water partition coefficient (Wildman–Crippen LogP) is 4.54. The molecular formula is C14H12ClF2N. The van der Waals surface area contributed by atoms with Gasteiger partial charge in [0, 0.05) is 12.2 Å². The Morgan fingerprint density at radius 2 is 1.89 bits per heavy atom. The molecule has 2 aromatic rings. The highest BCUT2D eigenvalue weighted by Gasteiger charge is 2.03. The largest absolute Gasteiger partial charge is 0.381 e. The second-order valence-corrected chi connectivity index (χ2v) is 4.47. The Bertz CT molecular complexity index is 570. The molecule has 0 aliphatic carbocycles. The van der Waals surface area contributed by atoms with Gasteiger partial charge in [-0.1, -0.05) is 23.7 Å². The van der Waals surface area contributed by atoms with E-state index in [-0.39, 0.29) is 10.8 Å². The normalized spacial score (nSPS) is 10.4. The molecule has 0 aliphatic rings. The molecule has 0 amide bonds. The minimum Gasteiger partial charge on any atom is -0.381 e. The number of benzene rings is 2. The van der Waals surface area contributed by atoms with Crippen LogP contribution >= 0.6 is 11.6 Å². The van der Waals surface area contributed by atoms with Crippen molar-refractivity contribution >= 4 is 17.3 Å². The van der Waals surface area contributed by atoms with Gasteiger partial charge in [-0.25, -0.2) is 8.78 Å². The molecule has 0 saturated carbocycles. The van der Waals surface area contributed by atoms with Gasteiger partial charge in [-0.3, -0.25) is 0 Å². The fourth-order valence-corrected chi connectivity index (χ4v) is 1.83. The van der Waals surface area contributed by atoms with E-state index in [9.17, 15) is 8.78 Å². The van der Waals surface area contributed by atoms with Crippen molar-refractivity contribution in [2.75, 3.05) is 5.32 Å². The highest BCUT2D eigenvalue weighted by atomic mass is 35.5. The maximum atomic E-state index is 13.1. The van der Waals surface area contributed by atoms with E-state index in [0.29, 0.717) is 6.54 Å². The molecule has 0 heterocycles. The number of aryl methyl sites for hydroxylation is 1. The lowest BCUT2D eigenvalue weighted by atomic mass is 10.1. The molecule has 1 N–H and O–H groups in total. The van der Waals surface area contributed by atoms with Crippen LogP contribution in [0.15, 0.2) is 36.4 Å². The third-order valence-electron chi connectivity index (χ3n) is 2.67. The lowest BCUT2D eigenvalue weighted by molar-refractivity contribution is 0.627. The summed E-state index contributed by atoms with van der Waals surface area (Å²) in [5.74, 6) is -0.734. The third-order valence-corrected chi connectivity index (χ3v) is 2.96. The second-order valence-electron chi connectivity index (χ2n) is 4.06. The Labute approximate surface area is 109 Å². The van der Waals surface area contributed by atoms with Crippen LogP contribution in [0.2, 0.25) is 5.02 Å². The van der Waals surface area contributed by atoms with Gasteiger partial charge in [-0.05, 0) is 42.3 Å². The SMILES string of the molecule is Cc1ccc(F)cc1NCc1ccc(F)c(Cl)c1. The zero-order valence-corrected chi connectivity index (χ0v) is 10.6. The van der Waals surface area contributed by atoms with E-state index in [1.807, 2.05) is 6.92 Å². The maximum Gasteiger partial charge on any atom is 0.141 e. The first-order valence-corrected chi connectivity index (χ1v) is 5.88. The van der Waals surface area contributed by atoms with Gasteiger partial charge in [0.25, 0.3) is 0 Å².